The van der Waals surface area contributed by atoms with Crippen molar-refractivity contribution in [1.29, 1.82) is 0 Å². The third kappa shape index (κ3) is 5.25. The van der Waals surface area contributed by atoms with Crippen molar-refractivity contribution in [3.63, 3.8) is 0 Å². The molecule has 0 fully saturated rings. The first-order valence-electron chi connectivity index (χ1n) is 8.42. The zero-order chi connectivity index (χ0) is 15.8. The Kier molecular flexibility index (Phi) is 7.13. The lowest BCUT2D eigenvalue weighted by atomic mass is 9.97. The number of likely N-dealkylation sites (N-methyl/N-ethyl adjacent to an activating group) is 1. The maximum atomic E-state index is 12.3. The van der Waals surface area contributed by atoms with Crippen LogP contribution in [0.1, 0.15) is 50.8 Å². The summed E-state index contributed by atoms with van der Waals surface area (Å²) >= 11 is 1.75. The van der Waals surface area contributed by atoms with Crippen LogP contribution in [-0.2, 0) is 11.3 Å². The highest BCUT2D eigenvalue weighted by molar-refractivity contribution is 7.09. The molecule has 1 atom stereocenters. The van der Waals surface area contributed by atoms with Crippen molar-refractivity contribution in [2.24, 2.45) is 0 Å². The average molecular weight is 321 g/mol. The summed E-state index contributed by atoms with van der Waals surface area (Å²) in [4.78, 5) is 15.9. The zero-order valence-electron chi connectivity index (χ0n) is 13.8. The van der Waals surface area contributed by atoms with Gasteiger partial charge in [-0.25, -0.2) is 0 Å². The van der Waals surface area contributed by atoms with E-state index in [-0.39, 0.29) is 11.9 Å². The highest BCUT2D eigenvalue weighted by atomic mass is 32.1. The number of carbonyl (C=O) groups is 1. The van der Waals surface area contributed by atoms with Crippen molar-refractivity contribution in [2.75, 3.05) is 13.1 Å². The summed E-state index contributed by atoms with van der Waals surface area (Å²) in [6, 6.07) is 4.12. The molecule has 0 bridgehead atoms. The smallest absolute Gasteiger partial charge is 0.237 e. The second-order valence-electron chi connectivity index (χ2n) is 5.97. The molecule has 0 saturated heterocycles. The van der Waals surface area contributed by atoms with E-state index in [1.165, 1.54) is 36.1 Å². The van der Waals surface area contributed by atoms with Crippen LogP contribution in [0.4, 0.5) is 0 Å². The van der Waals surface area contributed by atoms with Gasteiger partial charge < -0.3 is 5.32 Å². The quantitative estimate of drug-likeness (QED) is 0.735. The number of hydrogen-bond donors (Lipinski definition) is 1. The van der Waals surface area contributed by atoms with Crippen LogP contribution in [0.3, 0.4) is 0 Å². The Hall–Kier alpha value is -1.13. The molecule has 1 aromatic rings. The molecule has 0 saturated carbocycles. The predicted octanol–water partition coefficient (Wildman–Crippen LogP) is 3.97. The number of nitrogens with zero attached hydrogens (tertiary/aromatic N) is 1. The number of thiophene rings is 1. The first-order valence-corrected chi connectivity index (χ1v) is 9.30. The van der Waals surface area contributed by atoms with Crippen LogP contribution >= 0.6 is 11.3 Å². The maximum absolute atomic E-state index is 12.3. The highest BCUT2D eigenvalue weighted by Gasteiger charge is 2.20. The van der Waals surface area contributed by atoms with Crippen LogP contribution in [0.25, 0.3) is 0 Å². The van der Waals surface area contributed by atoms with Gasteiger partial charge in [0.05, 0.1) is 6.04 Å². The fourth-order valence-corrected chi connectivity index (χ4v) is 3.65. The molecule has 0 spiro atoms. The third-order valence-corrected chi connectivity index (χ3v) is 5.26. The molecule has 1 amide bonds. The van der Waals surface area contributed by atoms with Gasteiger partial charge in [0.1, 0.15) is 0 Å². The van der Waals surface area contributed by atoms with Crippen LogP contribution in [0.2, 0.25) is 0 Å². The number of hydrogen-bond acceptors (Lipinski definition) is 3. The van der Waals surface area contributed by atoms with Crippen molar-refractivity contribution >= 4 is 17.2 Å². The largest absolute Gasteiger partial charge is 0.354 e. The zero-order valence-corrected chi connectivity index (χ0v) is 14.6. The van der Waals surface area contributed by atoms with E-state index in [1.54, 1.807) is 11.3 Å². The lowest BCUT2D eigenvalue weighted by molar-refractivity contribution is -0.126. The summed E-state index contributed by atoms with van der Waals surface area (Å²) in [5.74, 6) is 0.148. The number of rotatable bonds is 8. The normalized spacial score (nSPS) is 16.4. The van der Waals surface area contributed by atoms with Gasteiger partial charge in [-0.15, -0.1) is 11.3 Å². The monoisotopic (exact) mass is 320 g/mol. The van der Waals surface area contributed by atoms with Crippen molar-refractivity contribution in [1.82, 2.24) is 10.2 Å². The Balaban J connectivity index is 1.75. The van der Waals surface area contributed by atoms with E-state index in [2.05, 4.69) is 40.7 Å². The molecule has 1 aromatic heterocycles. The van der Waals surface area contributed by atoms with Gasteiger partial charge >= 0.3 is 0 Å². The summed E-state index contributed by atoms with van der Waals surface area (Å²) in [6.07, 6.45) is 8.42. The molecule has 1 heterocycles. The van der Waals surface area contributed by atoms with Crippen molar-refractivity contribution in [3.05, 3.63) is 34.0 Å². The fraction of sp³-hybridized carbons (Fsp3) is 0.611. The van der Waals surface area contributed by atoms with Gasteiger partial charge in [-0.1, -0.05) is 24.6 Å². The Labute approximate surface area is 138 Å². The minimum atomic E-state index is -0.0764. The number of amides is 1. The molecule has 22 heavy (non-hydrogen) atoms. The summed E-state index contributed by atoms with van der Waals surface area (Å²) in [7, 11) is 0. The van der Waals surface area contributed by atoms with E-state index < -0.39 is 0 Å². The van der Waals surface area contributed by atoms with Crippen LogP contribution in [0.15, 0.2) is 29.2 Å². The average Bonchev–Trinajstić information content (AvgIpc) is 3.06. The van der Waals surface area contributed by atoms with Crippen molar-refractivity contribution < 1.29 is 4.79 Å². The van der Waals surface area contributed by atoms with Crippen LogP contribution in [0, 0.1) is 0 Å². The number of carbonyl (C=O) groups excluding carboxylic acids is 1. The first-order chi connectivity index (χ1) is 10.7. The second kappa shape index (κ2) is 9.11. The minimum Gasteiger partial charge on any atom is -0.354 e. The molecule has 0 radical (unpaired) electrons. The van der Waals surface area contributed by atoms with Gasteiger partial charge in [0.15, 0.2) is 0 Å². The van der Waals surface area contributed by atoms with Gasteiger partial charge in [0.2, 0.25) is 5.91 Å². The molecule has 0 aliphatic heterocycles. The highest BCUT2D eigenvalue weighted by Crippen LogP contribution is 2.19. The summed E-state index contributed by atoms with van der Waals surface area (Å²) in [5.41, 5.74) is 1.52. The SMILES string of the molecule is CCN(Cc1cccs1)C(C)C(=O)NCCC1=CCCCC1. The summed E-state index contributed by atoms with van der Waals surface area (Å²) in [6.45, 7) is 6.63. The molecule has 1 unspecified atom stereocenters. The van der Waals surface area contributed by atoms with E-state index in [9.17, 15) is 4.79 Å². The van der Waals surface area contributed by atoms with Crippen molar-refractivity contribution in [2.45, 2.75) is 58.5 Å². The molecule has 1 aliphatic carbocycles. The summed E-state index contributed by atoms with van der Waals surface area (Å²) in [5, 5.41) is 5.20. The fourth-order valence-electron chi connectivity index (χ4n) is 2.92. The molecule has 2 rings (SSSR count). The van der Waals surface area contributed by atoms with Crippen LogP contribution < -0.4 is 5.32 Å². The topological polar surface area (TPSA) is 32.3 Å². The number of nitrogens with one attached hydrogen (secondary N) is 1. The van der Waals surface area contributed by atoms with Gasteiger partial charge in [-0.3, -0.25) is 9.69 Å². The molecular formula is C18H28N2OS. The molecule has 4 heteroatoms. The van der Waals surface area contributed by atoms with Crippen molar-refractivity contribution in [3.8, 4) is 0 Å². The van der Waals surface area contributed by atoms with E-state index >= 15 is 0 Å². The Morgan fingerprint density at radius 2 is 2.32 bits per heavy atom. The predicted molar refractivity (Wildman–Crippen MR) is 94.0 cm³/mol. The van der Waals surface area contributed by atoms with E-state index in [0.29, 0.717) is 0 Å². The maximum Gasteiger partial charge on any atom is 0.237 e. The molecule has 3 nitrogen and oxygen atoms in total. The van der Waals surface area contributed by atoms with E-state index in [1.807, 2.05) is 6.92 Å². The Morgan fingerprint density at radius 1 is 1.45 bits per heavy atom. The molecule has 1 N–H and O–H groups in total. The van der Waals surface area contributed by atoms with E-state index in [4.69, 9.17) is 0 Å². The lowest BCUT2D eigenvalue weighted by Crippen LogP contribution is -2.44. The molecule has 122 valence electrons. The second-order valence-corrected chi connectivity index (χ2v) is 7.00. The molecular weight excluding hydrogens is 292 g/mol. The molecule has 1 aliphatic rings. The Bertz CT molecular complexity index is 481. The third-order valence-electron chi connectivity index (χ3n) is 4.40. The van der Waals surface area contributed by atoms with Gasteiger partial charge in [0.25, 0.3) is 0 Å². The standard InChI is InChI=1S/C18H28N2OS/c1-3-20(14-17-10-7-13-22-17)15(2)18(21)19-12-11-16-8-5-4-6-9-16/h7-8,10,13,15H,3-6,9,11-12,14H2,1-2H3,(H,19,21). The Morgan fingerprint density at radius 3 is 2.95 bits per heavy atom. The lowest BCUT2D eigenvalue weighted by Gasteiger charge is -2.26. The molecule has 0 aromatic carbocycles. The first kappa shape index (κ1) is 17.2. The van der Waals surface area contributed by atoms with Gasteiger partial charge in [0, 0.05) is 18.0 Å². The minimum absolute atomic E-state index is 0.0764. The number of allylic oxidation sites excluding steroid dienone is 1. The van der Waals surface area contributed by atoms with Gasteiger partial charge in [-0.2, -0.15) is 0 Å². The van der Waals surface area contributed by atoms with Crippen LogP contribution in [-0.4, -0.2) is 29.9 Å². The van der Waals surface area contributed by atoms with E-state index in [0.717, 1.165) is 26.1 Å². The summed E-state index contributed by atoms with van der Waals surface area (Å²) < 4.78 is 0. The van der Waals surface area contributed by atoms with Crippen LogP contribution in [0.5, 0.6) is 0 Å². The van der Waals surface area contributed by atoms with Gasteiger partial charge in [-0.05, 0) is 57.0 Å².